The number of aromatic nitrogens is 2. The van der Waals surface area contributed by atoms with Crippen LogP contribution in [-0.2, 0) is 4.74 Å². The molecule has 3 aromatic rings. The van der Waals surface area contributed by atoms with Crippen molar-refractivity contribution in [3.8, 4) is 5.75 Å². The third kappa shape index (κ3) is 2.40. The third-order valence-electron chi connectivity index (χ3n) is 4.03. The Labute approximate surface area is 139 Å². The molecule has 0 radical (unpaired) electrons. The van der Waals surface area contributed by atoms with Gasteiger partial charge in [-0.3, -0.25) is 0 Å². The lowest BCUT2D eigenvalue weighted by Crippen LogP contribution is -1.93. The SMILES string of the molecule is COC1=CC(c2cc3ccccc3[nH]2)=NC1=Cc1[nH]ccc1OC. The Bertz CT molecular complexity index is 956. The number of nitrogens with one attached hydrogen (secondary N) is 2. The van der Waals surface area contributed by atoms with Gasteiger partial charge < -0.3 is 19.4 Å². The minimum atomic E-state index is 0.723. The first-order chi connectivity index (χ1) is 11.8. The standard InChI is InChI=1S/C19H17N3O2/c1-23-18-7-8-20-16(18)10-17-19(24-2)11-15(22-17)14-9-12-5-3-4-6-13(12)21-14/h3-11,20-21H,1-2H3. The maximum absolute atomic E-state index is 5.48. The zero-order valence-electron chi connectivity index (χ0n) is 13.5. The van der Waals surface area contributed by atoms with Crippen LogP contribution in [0, 0.1) is 0 Å². The van der Waals surface area contributed by atoms with Crippen molar-refractivity contribution in [2.75, 3.05) is 14.2 Å². The van der Waals surface area contributed by atoms with Gasteiger partial charge in [-0.1, -0.05) is 18.2 Å². The summed E-state index contributed by atoms with van der Waals surface area (Å²) in [6.45, 7) is 0. The average Bonchev–Trinajstić information content (AvgIpc) is 3.32. The Balaban J connectivity index is 1.76. The van der Waals surface area contributed by atoms with Crippen LogP contribution in [0.4, 0.5) is 0 Å². The van der Waals surface area contributed by atoms with Crippen molar-refractivity contribution in [3.63, 3.8) is 0 Å². The highest BCUT2D eigenvalue weighted by molar-refractivity contribution is 6.13. The topological polar surface area (TPSA) is 62.4 Å². The molecule has 5 nitrogen and oxygen atoms in total. The second-order valence-electron chi connectivity index (χ2n) is 5.47. The molecule has 0 bridgehead atoms. The number of hydrogen-bond acceptors (Lipinski definition) is 3. The highest BCUT2D eigenvalue weighted by Crippen LogP contribution is 2.28. The smallest absolute Gasteiger partial charge is 0.146 e. The van der Waals surface area contributed by atoms with Gasteiger partial charge in [0.1, 0.15) is 17.2 Å². The number of aliphatic imine (C=N–C) groups is 1. The molecule has 0 spiro atoms. The zero-order chi connectivity index (χ0) is 16.5. The van der Waals surface area contributed by atoms with E-state index in [1.807, 2.05) is 36.5 Å². The summed E-state index contributed by atoms with van der Waals surface area (Å²) in [5.41, 5.74) is 4.52. The molecule has 0 atom stereocenters. The van der Waals surface area contributed by atoms with Crippen molar-refractivity contribution in [3.05, 3.63) is 71.5 Å². The molecule has 0 aliphatic carbocycles. The fourth-order valence-electron chi connectivity index (χ4n) is 2.83. The number of allylic oxidation sites excluding steroid dienone is 1. The number of nitrogens with zero attached hydrogens (tertiary/aromatic N) is 1. The van der Waals surface area contributed by atoms with Crippen LogP contribution in [0.5, 0.6) is 5.75 Å². The number of rotatable bonds is 4. The van der Waals surface area contributed by atoms with Crippen LogP contribution in [0.15, 0.2) is 65.1 Å². The molecule has 1 aromatic carbocycles. The van der Waals surface area contributed by atoms with Gasteiger partial charge in [-0.05, 0) is 24.3 Å². The number of aromatic amines is 2. The van der Waals surface area contributed by atoms with E-state index in [-0.39, 0.29) is 0 Å². The lowest BCUT2D eigenvalue weighted by atomic mass is 10.2. The summed E-state index contributed by atoms with van der Waals surface area (Å²) in [5.74, 6) is 1.49. The molecule has 3 heterocycles. The van der Waals surface area contributed by atoms with Crippen molar-refractivity contribution in [2.45, 2.75) is 0 Å². The molecule has 2 N–H and O–H groups in total. The Kier molecular flexibility index (Phi) is 3.46. The number of methoxy groups -OCH3 is 2. The van der Waals surface area contributed by atoms with Crippen LogP contribution in [0.3, 0.4) is 0 Å². The van der Waals surface area contributed by atoms with Gasteiger partial charge in [-0.2, -0.15) is 0 Å². The van der Waals surface area contributed by atoms with E-state index in [0.717, 1.165) is 45.2 Å². The highest BCUT2D eigenvalue weighted by Gasteiger charge is 2.18. The van der Waals surface area contributed by atoms with Gasteiger partial charge in [0.15, 0.2) is 0 Å². The number of fused-ring (bicyclic) bond motifs is 1. The van der Waals surface area contributed by atoms with Crippen LogP contribution >= 0.6 is 0 Å². The normalized spacial score (nSPS) is 15.7. The van der Waals surface area contributed by atoms with Gasteiger partial charge in [0.2, 0.25) is 0 Å². The second kappa shape index (κ2) is 5.77. The first-order valence-corrected chi connectivity index (χ1v) is 7.64. The van der Waals surface area contributed by atoms with Crippen molar-refractivity contribution in [1.29, 1.82) is 0 Å². The van der Waals surface area contributed by atoms with Gasteiger partial charge in [0.25, 0.3) is 0 Å². The second-order valence-corrected chi connectivity index (χ2v) is 5.47. The van der Waals surface area contributed by atoms with Gasteiger partial charge >= 0.3 is 0 Å². The van der Waals surface area contributed by atoms with Gasteiger partial charge in [0, 0.05) is 23.2 Å². The zero-order valence-corrected chi connectivity index (χ0v) is 13.5. The molecule has 120 valence electrons. The molecule has 0 amide bonds. The molecule has 5 heteroatoms. The molecule has 0 saturated carbocycles. The minimum absolute atomic E-state index is 0.723. The van der Waals surface area contributed by atoms with E-state index >= 15 is 0 Å². The number of hydrogen-bond donors (Lipinski definition) is 2. The van der Waals surface area contributed by atoms with E-state index in [0.29, 0.717) is 0 Å². The predicted octanol–water partition coefficient (Wildman–Crippen LogP) is 3.88. The number of ether oxygens (including phenoxy) is 2. The summed E-state index contributed by atoms with van der Waals surface area (Å²) in [6, 6.07) is 12.1. The average molecular weight is 319 g/mol. The molecule has 2 aromatic heterocycles. The first kappa shape index (κ1) is 14.4. The molecule has 1 aliphatic rings. The molecule has 0 unspecified atom stereocenters. The van der Waals surface area contributed by atoms with E-state index in [2.05, 4.69) is 28.2 Å². The number of H-pyrrole nitrogens is 2. The van der Waals surface area contributed by atoms with Crippen molar-refractivity contribution in [1.82, 2.24) is 9.97 Å². The summed E-state index contributed by atoms with van der Waals surface area (Å²) >= 11 is 0. The molecule has 1 aliphatic heterocycles. The maximum atomic E-state index is 5.48. The van der Waals surface area contributed by atoms with Gasteiger partial charge in [-0.25, -0.2) is 4.99 Å². The molecular weight excluding hydrogens is 302 g/mol. The molecule has 0 fully saturated rings. The maximum Gasteiger partial charge on any atom is 0.146 e. The van der Waals surface area contributed by atoms with Crippen LogP contribution in [-0.4, -0.2) is 29.9 Å². The molecule has 0 saturated heterocycles. The van der Waals surface area contributed by atoms with Crippen LogP contribution in [0.25, 0.3) is 17.0 Å². The Hall–Kier alpha value is -3.21. The monoisotopic (exact) mass is 319 g/mol. The summed E-state index contributed by atoms with van der Waals surface area (Å²) < 4.78 is 10.8. The fourth-order valence-corrected chi connectivity index (χ4v) is 2.83. The van der Waals surface area contributed by atoms with E-state index in [9.17, 15) is 0 Å². The Morgan fingerprint density at radius 1 is 1.08 bits per heavy atom. The van der Waals surface area contributed by atoms with Crippen LogP contribution in [0.1, 0.15) is 11.4 Å². The lowest BCUT2D eigenvalue weighted by Gasteiger charge is -2.02. The largest absolute Gasteiger partial charge is 0.495 e. The van der Waals surface area contributed by atoms with Crippen LogP contribution in [0.2, 0.25) is 0 Å². The molecular formula is C19H17N3O2. The summed E-state index contributed by atoms with van der Waals surface area (Å²) in [4.78, 5) is 11.2. The van der Waals surface area contributed by atoms with Crippen molar-refractivity contribution < 1.29 is 9.47 Å². The number of benzene rings is 1. The minimum Gasteiger partial charge on any atom is -0.495 e. The first-order valence-electron chi connectivity index (χ1n) is 7.64. The fraction of sp³-hybridized carbons (Fsp3) is 0.105. The highest BCUT2D eigenvalue weighted by atomic mass is 16.5. The summed E-state index contributed by atoms with van der Waals surface area (Å²) in [6.07, 6.45) is 5.69. The molecule has 24 heavy (non-hydrogen) atoms. The van der Waals surface area contributed by atoms with Crippen LogP contribution < -0.4 is 4.74 Å². The quantitative estimate of drug-likeness (QED) is 0.766. The van der Waals surface area contributed by atoms with Crippen molar-refractivity contribution >= 4 is 22.7 Å². The van der Waals surface area contributed by atoms with E-state index in [1.54, 1.807) is 14.2 Å². The molecule has 4 rings (SSSR count). The van der Waals surface area contributed by atoms with E-state index in [1.165, 1.54) is 0 Å². The van der Waals surface area contributed by atoms with E-state index in [4.69, 9.17) is 14.5 Å². The van der Waals surface area contributed by atoms with Gasteiger partial charge in [0.05, 0.1) is 31.3 Å². The van der Waals surface area contributed by atoms with Crippen molar-refractivity contribution in [2.24, 2.45) is 4.99 Å². The lowest BCUT2D eigenvalue weighted by molar-refractivity contribution is 0.303. The Morgan fingerprint density at radius 2 is 1.96 bits per heavy atom. The third-order valence-corrected chi connectivity index (χ3v) is 4.03. The summed E-state index contributed by atoms with van der Waals surface area (Å²) in [7, 11) is 3.29. The summed E-state index contributed by atoms with van der Waals surface area (Å²) in [5, 5.41) is 1.16. The van der Waals surface area contributed by atoms with E-state index < -0.39 is 0 Å². The number of para-hydroxylation sites is 1. The Morgan fingerprint density at radius 3 is 2.75 bits per heavy atom. The van der Waals surface area contributed by atoms with Gasteiger partial charge in [-0.15, -0.1) is 0 Å². The predicted molar refractivity (Wildman–Crippen MR) is 95.2 cm³/mol.